The molecule has 1 aromatic rings. The van der Waals surface area contributed by atoms with Crippen LogP contribution in [0.4, 0.5) is 0 Å². The van der Waals surface area contributed by atoms with Crippen molar-refractivity contribution in [1.82, 2.24) is 5.32 Å². The van der Waals surface area contributed by atoms with Gasteiger partial charge in [0.2, 0.25) is 5.91 Å². The lowest BCUT2D eigenvalue weighted by atomic mass is 10.2. The summed E-state index contributed by atoms with van der Waals surface area (Å²) in [5, 5.41) is 13.6. The first-order chi connectivity index (χ1) is 7.29. The molecule has 0 aliphatic heterocycles. The zero-order valence-electron chi connectivity index (χ0n) is 8.06. The van der Waals surface area contributed by atoms with Gasteiger partial charge >= 0.3 is 0 Å². The fourth-order valence-corrected chi connectivity index (χ4v) is 1.88. The highest BCUT2D eigenvalue weighted by Crippen LogP contribution is 2.21. The van der Waals surface area contributed by atoms with E-state index in [1.165, 1.54) is 17.4 Å². The number of nitriles is 1. The molecule has 4 heteroatoms. The van der Waals surface area contributed by atoms with Crippen LogP contribution in [-0.2, 0) is 4.79 Å². The minimum absolute atomic E-state index is 0.164. The zero-order chi connectivity index (χ0) is 10.7. The molecule has 0 unspecified atom stereocenters. The van der Waals surface area contributed by atoms with Crippen LogP contribution in [0.3, 0.4) is 0 Å². The van der Waals surface area contributed by atoms with Gasteiger partial charge in [-0.15, -0.1) is 11.3 Å². The van der Waals surface area contributed by atoms with E-state index >= 15 is 0 Å². The van der Waals surface area contributed by atoms with Crippen LogP contribution in [0.25, 0.3) is 5.57 Å². The quantitative estimate of drug-likeness (QED) is 0.622. The molecular weight excluding hydrogens is 208 g/mol. The van der Waals surface area contributed by atoms with Gasteiger partial charge in [-0.2, -0.15) is 5.26 Å². The third kappa shape index (κ3) is 2.67. The van der Waals surface area contributed by atoms with Crippen molar-refractivity contribution in [2.24, 2.45) is 0 Å². The van der Waals surface area contributed by atoms with E-state index in [1.807, 2.05) is 23.6 Å². The molecule has 1 fully saturated rings. The average molecular weight is 218 g/mol. The van der Waals surface area contributed by atoms with E-state index in [2.05, 4.69) is 5.32 Å². The van der Waals surface area contributed by atoms with Crippen molar-refractivity contribution < 1.29 is 4.79 Å². The summed E-state index contributed by atoms with van der Waals surface area (Å²) < 4.78 is 0. The van der Waals surface area contributed by atoms with Crippen LogP contribution in [-0.4, -0.2) is 11.9 Å². The number of nitrogens with one attached hydrogen (secondary N) is 1. The molecule has 15 heavy (non-hydrogen) atoms. The van der Waals surface area contributed by atoms with E-state index in [9.17, 15) is 4.79 Å². The Bertz CT molecular complexity index is 424. The number of amides is 1. The first kappa shape index (κ1) is 9.94. The van der Waals surface area contributed by atoms with Gasteiger partial charge in [-0.05, 0) is 24.3 Å². The second kappa shape index (κ2) is 4.28. The Hall–Kier alpha value is -1.60. The van der Waals surface area contributed by atoms with E-state index in [1.54, 1.807) is 0 Å². The molecule has 3 nitrogen and oxygen atoms in total. The molecule has 0 aromatic carbocycles. The molecule has 1 amide bonds. The lowest BCUT2D eigenvalue weighted by Crippen LogP contribution is -2.23. The standard InChI is InChI=1S/C11H10N2OS/c12-7-8(10-2-1-5-15-10)6-11(14)13-9-3-4-9/h1-2,5-6,9H,3-4H2,(H,13,14)/b8-6-. The number of carbonyl (C=O) groups excluding carboxylic acids is 1. The Morgan fingerprint density at radius 1 is 1.67 bits per heavy atom. The van der Waals surface area contributed by atoms with Crippen molar-refractivity contribution >= 4 is 22.8 Å². The highest BCUT2D eigenvalue weighted by Gasteiger charge is 2.22. The van der Waals surface area contributed by atoms with Gasteiger partial charge in [0, 0.05) is 17.0 Å². The average Bonchev–Trinajstić information content (AvgIpc) is 2.86. The van der Waals surface area contributed by atoms with Crippen molar-refractivity contribution in [2.75, 3.05) is 0 Å². The van der Waals surface area contributed by atoms with Crippen molar-refractivity contribution in [3.63, 3.8) is 0 Å². The number of hydrogen-bond acceptors (Lipinski definition) is 3. The topological polar surface area (TPSA) is 52.9 Å². The minimum atomic E-state index is -0.164. The van der Waals surface area contributed by atoms with Gasteiger partial charge in [0.25, 0.3) is 0 Å². The van der Waals surface area contributed by atoms with Gasteiger partial charge in [0.05, 0.1) is 5.57 Å². The number of thiophene rings is 1. The zero-order valence-corrected chi connectivity index (χ0v) is 8.88. The minimum Gasteiger partial charge on any atom is -0.350 e. The molecule has 1 aliphatic carbocycles. The monoisotopic (exact) mass is 218 g/mol. The largest absolute Gasteiger partial charge is 0.350 e. The lowest BCUT2D eigenvalue weighted by Gasteiger charge is -1.98. The summed E-state index contributed by atoms with van der Waals surface area (Å²) in [7, 11) is 0. The Labute approximate surface area is 92.0 Å². The molecule has 0 radical (unpaired) electrons. The third-order valence-electron chi connectivity index (χ3n) is 2.11. The van der Waals surface area contributed by atoms with E-state index in [-0.39, 0.29) is 5.91 Å². The van der Waals surface area contributed by atoms with Gasteiger partial charge in [-0.3, -0.25) is 4.79 Å². The molecule has 1 heterocycles. The van der Waals surface area contributed by atoms with Crippen LogP contribution >= 0.6 is 11.3 Å². The number of nitrogens with zero attached hydrogens (tertiary/aromatic N) is 1. The van der Waals surface area contributed by atoms with Gasteiger partial charge in [0.1, 0.15) is 6.07 Å². The second-order valence-corrected chi connectivity index (χ2v) is 4.38. The summed E-state index contributed by atoms with van der Waals surface area (Å²) in [5.74, 6) is -0.164. The second-order valence-electron chi connectivity index (χ2n) is 3.43. The maximum Gasteiger partial charge on any atom is 0.245 e. The number of allylic oxidation sites excluding steroid dienone is 1. The van der Waals surface area contributed by atoms with Crippen LogP contribution in [0.2, 0.25) is 0 Å². The molecule has 1 N–H and O–H groups in total. The predicted molar refractivity (Wildman–Crippen MR) is 59.1 cm³/mol. The first-order valence-corrected chi connectivity index (χ1v) is 5.64. The fraction of sp³-hybridized carbons (Fsp3) is 0.273. The molecule has 0 spiro atoms. The molecule has 1 saturated carbocycles. The van der Waals surface area contributed by atoms with Crippen LogP contribution < -0.4 is 5.32 Å². The molecule has 0 bridgehead atoms. The van der Waals surface area contributed by atoms with Crippen LogP contribution in [0.1, 0.15) is 17.7 Å². The van der Waals surface area contributed by atoms with Gasteiger partial charge in [-0.1, -0.05) is 6.07 Å². The van der Waals surface area contributed by atoms with Crippen LogP contribution in [0, 0.1) is 11.3 Å². The van der Waals surface area contributed by atoms with Gasteiger partial charge in [0.15, 0.2) is 0 Å². The summed E-state index contributed by atoms with van der Waals surface area (Å²) >= 11 is 1.46. The Morgan fingerprint density at radius 2 is 2.47 bits per heavy atom. The van der Waals surface area contributed by atoms with Crippen molar-refractivity contribution in [2.45, 2.75) is 18.9 Å². The van der Waals surface area contributed by atoms with E-state index in [0.717, 1.165) is 17.7 Å². The van der Waals surface area contributed by atoms with Gasteiger partial charge < -0.3 is 5.32 Å². The summed E-state index contributed by atoms with van der Waals surface area (Å²) in [6.45, 7) is 0. The molecule has 1 aliphatic rings. The van der Waals surface area contributed by atoms with Crippen molar-refractivity contribution in [3.05, 3.63) is 28.5 Å². The van der Waals surface area contributed by atoms with Gasteiger partial charge in [-0.25, -0.2) is 0 Å². The fourth-order valence-electron chi connectivity index (χ4n) is 1.19. The lowest BCUT2D eigenvalue weighted by molar-refractivity contribution is -0.116. The maximum atomic E-state index is 11.4. The van der Waals surface area contributed by atoms with Crippen molar-refractivity contribution in [3.8, 4) is 6.07 Å². The van der Waals surface area contributed by atoms with E-state index < -0.39 is 0 Å². The molecule has 0 saturated heterocycles. The SMILES string of the molecule is N#C/C(=C/C(=O)NC1CC1)c1cccs1. The smallest absolute Gasteiger partial charge is 0.245 e. The van der Waals surface area contributed by atoms with E-state index in [4.69, 9.17) is 5.26 Å². The molecule has 2 rings (SSSR count). The molecule has 76 valence electrons. The number of carbonyl (C=O) groups is 1. The van der Waals surface area contributed by atoms with Crippen LogP contribution in [0.15, 0.2) is 23.6 Å². The van der Waals surface area contributed by atoms with E-state index in [0.29, 0.717) is 11.6 Å². The molecular formula is C11H10N2OS. The summed E-state index contributed by atoms with van der Waals surface area (Å²) in [6.07, 6.45) is 3.49. The summed E-state index contributed by atoms with van der Waals surface area (Å²) in [5.41, 5.74) is 0.433. The van der Waals surface area contributed by atoms with Crippen LogP contribution in [0.5, 0.6) is 0 Å². The van der Waals surface area contributed by atoms with Crippen molar-refractivity contribution in [1.29, 1.82) is 5.26 Å². The highest BCUT2D eigenvalue weighted by molar-refractivity contribution is 7.11. The number of rotatable bonds is 3. The molecule has 1 aromatic heterocycles. The third-order valence-corrected chi connectivity index (χ3v) is 3.01. The Kier molecular flexibility index (Phi) is 2.84. The summed E-state index contributed by atoms with van der Waals surface area (Å²) in [4.78, 5) is 12.3. The normalized spacial score (nSPS) is 15.8. The first-order valence-electron chi connectivity index (χ1n) is 4.76. The Balaban J connectivity index is 2.08. The summed E-state index contributed by atoms with van der Waals surface area (Å²) in [6, 6.07) is 6.07. The predicted octanol–water partition coefficient (Wildman–Crippen LogP) is 1.93. The number of hydrogen-bond donors (Lipinski definition) is 1. The highest BCUT2D eigenvalue weighted by atomic mass is 32.1. The molecule has 0 atom stereocenters. The Morgan fingerprint density at radius 3 is 3.00 bits per heavy atom. The maximum absolute atomic E-state index is 11.4.